The summed E-state index contributed by atoms with van der Waals surface area (Å²) in [5, 5.41) is 0. The molecule has 0 fully saturated rings. The Morgan fingerprint density at radius 3 is 2.33 bits per heavy atom. The molecule has 0 aromatic heterocycles. The lowest BCUT2D eigenvalue weighted by atomic mass is 9.90. The number of hydrogen-bond acceptors (Lipinski definition) is 2. The molecule has 1 unspecified atom stereocenters. The first kappa shape index (κ1) is 10.7. The van der Waals surface area contributed by atoms with E-state index in [4.69, 9.17) is 10.5 Å². The van der Waals surface area contributed by atoms with Gasteiger partial charge in [-0.15, -0.1) is 0 Å². The maximum atomic E-state index is 6.41. The Morgan fingerprint density at radius 1 is 1.33 bits per heavy atom. The molecule has 0 amide bonds. The van der Waals surface area contributed by atoms with Crippen LogP contribution in [0.3, 0.4) is 0 Å². The largest absolute Gasteiger partial charge is 0.382 e. The van der Waals surface area contributed by atoms with E-state index < -0.39 is 0 Å². The molecule has 2 N–H and O–H groups in total. The van der Waals surface area contributed by atoms with Crippen LogP contribution >= 0.6 is 0 Å². The van der Waals surface area contributed by atoms with Crippen LogP contribution in [0.2, 0.25) is 0 Å². The first-order valence-corrected chi connectivity index (χ1v) is 5.51. The second-order valence-corrected chi connectivity index (χ2v) is 4.74. The third kappa shape index (κ3) is 2.21. The number of nitrogens with two attached hydrogens (primary N) is 1. The molecule has 0 heterocycles. The van der Waals surface area contributed by atoms with Crippen molar-refractivity contribution in [3.63, 3.8) is 0 Å². The lowest BCUT2D eigenvalue weighted by molar-refractivity contribution is 0.0895. The minimum atomic E-state index is -0.0981. The van der Waals surface area contributed by atoms with Gasteiger partial charge in [0.2, 0.25) is 0 Å². The number of rotatable bonds is 3. The molecule has 0 radical (unpaired) electrons. The van der Waals surface area contributed by atoms with Crippen LogP contribution in [0.15, 0.2) is 24.3 Å². The third-order valence-electron chi connectivity index (χ3n) is 3.30. The number of methoxy groups -OCH3 is 1. The summed E-state index contributed by atoms with van der Waals surface area (Å²) in [6.07, 6.45) is 3.13. The Labute approximate surface area is 91.4 Å². The first-order chi connectivity index (χ1) is 7.13. The van der Waals surface area contributed by atoms with Crippen LogP contribution in [0.1, 0.15) is 24.5 Å². The zero-order chi connectivity index (χ0) is 10.9. The summed E-state index contributed by atoms with van der Waals surface area (Å²) < 4.78 is 5.30. The fourth-order valence-electron chi connectivity index (χ4n) is 2.52. The van der Waals surface area contributed by atoms with Crippen molar-refractivity contribution in [3.05, 3.63) is 35.4 Å². The average Bonchev–Trinajstić information content (AvgIpc) is 2.53. The highest BCUT2D eigenvalue weighted by molar-refractivity contribution is 5.36. The summed E-state index contributed by atoms with van der Waals surface area (Å²) in [6, 6.07) is 8.54. The molecule has 82 valence electrons. The smallest absolute Gasteiger partial charge is 0.0560 e. The molecule has 0 bridgehead atoms. The van der Waals surface area contributed by atoms with Crippen LogP contribution in [-0.4, -0.2) is 18.8 Å². The van der Waals surface area contributed by atoms with Gasteiger partial charge < -0.3 is 10.5 Å². The summed E-state index contributed by atoms with van der Waals surface area (Å²) in [4.78, 5) is 0. The van der Waals surface area contributed by atoms with Gasteiger partial charge in [0.25, 0.3) is 0 Å². The summed E-state index contributed by atoms with van der Waals surface area (Å²) in [5.41, 5.74) is 9.12. The van der Waals surface area contributed by atoms with E-state index in [2.05, 4.69) is 31.2 Å². The molecule has 1 aromatic carbocycles. The monoisotopic (exact) mass is 205 g/mol. The molecule has 1 atom stereocenters. The Hall–Kier alpha value is -0.860. The first-order valence-electron chi connectivity index (χ1n) is 5.51. The van der Waals surface area contributed by atoms with Gasteiger partial charge in [0.15, 0.2) is 0 Å². The van der Waals surface area contributed by atoms with Crippen molar-refractivity contribution < 1.29 is 4.74 Å². The van der Waals surface area contributed by atoms with E-state index in [0.29, 0.717) is 0 Å². The van der Waals surface area contributed by atoms with Gasteiger partial charge in [-0.1, -0.05) is 24.3 Å². The van der Waals surface area contributed by atoms with E-state index in [-0.39, 0.29) is 11.6 Å². The standard InChI is InChI=1S/C13H19NO/c1-10(15-2)7-13(14)8-11-5-3-4-6-12(11)9-13/h3-6,10H,7-9,14H2,1-2H3. The molecule has 0 spiro atoms. The molecule has 0 aliphatic heterocycles. The maximum Gasteiger partial charge on any atom is 0.0560 e. The van der Waals surface area contributed by atoms with Gasteiger partial charge in [-0.25, -0.2) is 0 Å². The predicted molar refractivity (Wildman–Crippen MR) is 61.9 cm³/mol. The van der Waals surface area contributed by atoms with E-state index in [9.17, 15) is 0 Å². The molecule has 0 saturated heterocycles. The minimum absolute atomic E-state index is 0.0981. The van der Waals surface area contributed by atoms with E-state index in [0.717, 1.165) is 19.3 Å². The molecule has 1 aliphatic carbocycles. The van der Waals surface area contributed by atoms with Crippen LogP contribution < -0.4 is 5.73 Å². The lowest BCUT2D eigenvalue weighted by Crippen LogP contribution is -2.43. The van der Waals surface area contributed by atoms with Crippen LogP contribution in [0.25, 0.3) is 0 Å². The van der Waals surface area contributed by atoms with E-state index >= 15 is 0 Å². The fraction of sp³-hybridized carbons (Fsp3) is 0.538. The quantitative estimate of drug-likeness (QED) is 0.818. The number of ether oxygens (including phenoxy) is 1. The SMILES string of the molecule is COC(C)CC1(N)Cc2ccccc2C1. The number of hydrogen-bond donors (Lipinski definition) is 1. The Bertz CT molecular complexity index is 323. The Kier molecular flexibility index (Phi) is 2.81. The highest BCUT2D eigenvalue weighted by atomic mass is 16.5. The minimum Gasteiger partial charge on any atom is -0.382 e. The highest BCUT2D eigenvalue weighted by Gasteiger charge is 2.34. The van der Waals surface area contributed by atoms with Crippen molar-refractivity contribution in [1.82, 2.24) is 0 Å². The Morgan fingerprint density at radius 2 is 1.87 bits per heavy atom. The van der Waals surface area contributed by atoms with Gasteiger partial charge >= 0.3 is 0 Å². The number of fused-ring (bicyclic) bond motifs is 1. The van der Waals surface area contributed by atoms with E-state index in [1.807, 2.05) is 0 Å². The van der Waals surface area contributed by atoms with Crippen molar-refractivity contribution in [2.75, 3.05) is 7.11 Å². The van der Waals surface area contributed by atoms with Crippen LogP contribution in [0.5, 0.6) is 0 Å². The van der Waals surface area contributed by atoms with Crippen molar-refractivity contribution in [3.8, 4) is 0 Å². The van der Waals surface area contributed by atoms with Crippen LogP contribution in [-0.2, 0) is 17.6 Å². The highest BCUT2D eigenvalue weighted by Crippen LogP contribution is 2.31. The van der Waals surface area contributed by atoms with Crippen molar-refractivity contribution >= 4 is 0 Å². The van der Waals surface area contributed by atoms with Crippen LogP contribution in [0, 0.1) is 0 Å². The van der Waals surface area contributed by atoms with Crippen molar-refractivity contribution in [1.29, 1.82) is 0 Å². The summed E-state index contributed by atoms with van der Waals surface area (Å²) in [5.74, 6) is 0. The van der Waals surface area contributed by atoms with E-state index in [1.165, 1.54) is 11.1 Å². The molecule has 2 nitrogen and oxygen atoms in total. The van der Waals surface area contributed by atoms with Gasteiger partial charge in [0.05, 0.1) is 6.10 Å². The maximum absolute atomic E-state index is 6.41. The van der Waals surface area contributed by atoms with Gasteiger partial charge in [-0.3, -0.25) is 0 Å². The molecule has 2 rings (SSSR count). The number of benzene rings is 1. The second-order valence-electron chi connectivity index (χ2n) is 4.74. The Balaban J connectivity index is 2.11. The normalized spacial score (nSPS) is 19.9. The van der Waals surface area contributed by atoms with E-state index in [1.54, 1.807) is 7.11 Å². The van der Waals surface area contributed by atoms with Gasteiger partial charge in [0.1, 0.15) is 0 Å². The van der Waals surface area contributed by atoms with Crippen LogP contribution in [0.4, 0.5) is 0 Å². The van der Waals surface area contributed by atoms with Crippen molar-refractivity contribution in [2.45, 2.75) is 37.8 Å². The molecule has 2 heteroatoms. The molecule has 15 heavy (non-hydrogen) atoms. The molecular weight excluding hydrogens is 186 g/mol. The molecular formula is C13H19NO. The summed E-state index contributed by atoms with van der Waals surface area (Å²) in [6.45, 7) is 2.08. The molecule has 1 aromatic rings. The lowest BCUT2D eigenvalue weighted by Gasteiger charge is -2.26. The van der Waals surface area contributed by atoms with Gasteiger partial charge in [-0.2, -0.15) is 0 Å². The molecule has 0 saturated carbocycles. The topological polar surface area (TPSA) is 35.2 Å². The molecule has 1 aliphatic rings. The summed E-state index contributed by atoms with van der Waals surface area (Å²) in [7, 11) is 1.75. The van der Waals surface area contributed by atoms with Gasteiger partial charge in [-0.05, 0) is 37.3 Å². The zero-order valence-electron chi connectivity index (χ0n) is 9.49. The van der Waals surface area contributed by atoms with Crippen molar-refractivity contribution in [2.24, 2.45) is 5.73 Å². The average molecular weight is 205 g/mol. The predicted octanol–water partition coefficient (Wildman–Crippen LogP) is 1.91. The zero-order valence-corrected chi connectivity index (χ0v) is 9.49. The third-order valence-corrected chi connectivity index (χ3v) is 3.30. The summed E-state index contributed by atoms with van der Waals surface area (Å²) >= 11 is 0. The van der Waals surface area contributed by atoms with Gasteiger partial charge in [0, 0.05) is 12.6 Å². The second kappa shape index (κ2) is 3.95. The fourth-order valence-corrected chi connectivity index (χ4v) is 2.52.